The molecule has 0 radical (unpaired) electrons. The van der Waals surface area contributed by atoms with Crippen LogP contribution in [0.1, 0.15) is 38.3 Å². The highest BCUT2D eigenvalue weighted by atomic mass is 79.9. The quantitative estimate of drug-likeness (QED) is 0.528. The van der Waals surface area contributed by atoms with Crippen molar-refractivity contribution in [1.82, 2.24) is 16.2 Å². The van der Waals surface area contributed by atoms with E-state index in [0.717, 1.165) is 5.56 Å². The normalized spacial score (nSPS) is 23.9. The molecule has 1 aliphatic heterocycles. The van der Waals surface area contributed by atoms with Crippen molar-refractivity contribution >= 4 is 27.8 Å². The van der Waals surface area contributed by atoms with Gasteiger partial charge in [-0.3, -0.25) is 9.59 Å². The number of hydrazine groups is 1. The van der Waals surface area contributed by atoms with Crippen molar-refractivity contribution in [3.05, 3.63) is 35.9 Å². The molecule has 0 spiro atoms. The van der Waals surface area contributed by atoms with Crippen LogP contribution in [0.15, 0.2) is 30.3 Å². The summed E-state index contributed by atoms with van der Waals surface area (Å²) in [6.45, 7) is 3.79. The number of halogens is 1. The van der Waals surface area contributed by atoms with Crippen LogP contribution in [0.4, 0.5) is 0 Å². The Balaban J connectivity index is 2.00. The van der Waals surface area contributed by atoms with Gasteiger partial charge in [0.05, 0.1) is 16.3 Å². The minimum atomic E-state index is -0.914. The van der Waals surface area contributed by atoms with Crippen LogP contribution >= 0.6 is 15.9 Å². The van der Waals surface area contributed by atoms with Crippen molar-refractivity contribution in [2.24, 2.45) is 5.41 Å². The molecular formula is C17H24BrN3O3. The molecule has 0 saturated carbocycles. The molecule has 24 heavy (non-hydrogen) atoms. The van der Waals surface area contributed by atoms with E-state index in [2.05, 4.69) is 32.1 Å². The van der Waals surface area contributed by atoms with Gasteiger partial charge in [0.1, 0.15) is 6.04 Å². The lowest BCUT2D eigenvalue weighted by Crippen LogP contribution is -2.50. The molecule has 7 heteroatoms. The predicted octanol–water partition coefficient (Wildman–Crippen LogP) is 1.97. The Morgan fingerprint density at radius 2 is 1.83 bits per heavy atom. The van der Waals surface area contributed by atoms with E-state index >= 15 is 0 Å². The maximum Gasteiger partial charge on any atom is 0.311 e. The Bertz CT molecular complexity index is 578. The number of hydrogen-bond donors (Lipinski definition) is 4. The van der Waals surface area contributed by atoms with Gasteiger partial charge in [-0.05, 0) is 18.4 Å². The Morgan fingerprint density at radius 1 is 1.21 bits per heavy atom. The fourth-order valence-electron chi connectivity index (χ4n) is 2.91. The molecule has 1 heterocycles. The summed E-state index contributed by atoms with van der Waals surface area (Å²) in [5.74, 6) is -1.09. The first kappa shape index (κ1) is 18.9. The number of carboxylic acids is 1. The third-order valence-electron chi connectivity index (χ3n) is 4.88. The van der Waals surface area contributed by atoms with Gasteiger partial charge in [0.15, 0.2) is 0 Å². The average molecular weight is 398 g/mol. The standard InChI is InChI=1S/C17H24BrN3O3/c1-3-17(4-2,16(23)24)10-19-15(22)14-12(18)13(20-21-14)11-8-6-5-7-9-11/h5-9,12-14,20-21H,3-4,10H2,1-2H3,(H,19,22)(H,23,24). The number of alkyl halides is 1. The van der Waals surface area contributed by atoms with Gasteiger partial charge in [0.25, 0.3) is 0 Å². The first-order valence-electron chi connectivity index (χ1n) is 8.16. The van der Waals surface area contributed by atoms with E-state index in [4.69, 9.17) is 0 Å². The topological polar surface area (TPSA) is 90.5 Å². The van der Waals surface area contributed by atoms with Crippen LogP contribution in [0.2, 0.25) is 0 Å². The van der Waals surface area contributed by atoms with Gasteiger partial charge in [-0.15, -0.1) is 0 Å². The fraction of sp³-hybridized carbons (Fsp3) is 0.529. The highest BCUT2D eigenvalue weighted by Gasteiger charge is 2.41. The predicted molar refractivity (Wildman–Crippen MR) is 95.6 cm³/mol. The van der Waals surface area contributed by atoms with E-state index in [1.165, 1.54) is 0 Å². The Morgan fingerprint density at radius 3 is 2.38 bits per heavy atom. The highest BCUT2D eigenvalue weighted by molar-refractivity contribution is 9.09. The SMILES string of the molecule is CCC(CC)(CNC(=O)C1NNC(c2ccccc2)C1Br)C(=O)O. The second-order valence-corrected chi connectivity index (χ2v) is 7.17. The van der Waals surface area contributed by atoms with Gasteiger partial charge >= 0.3 is 5.97 Å². The molecule has 0 aliphatic carbocycles. The molecule has 0 bridgehead atoms. The molecule has 1 aromatic rings. The first-order valence-corrected chi connectivity index (χ1v) is 9.08. The van der Waals surface area contributed by atoms with Crippen molar-refractivity contribution in [2.45, 2.75) is 43.6 Å². The van der Waals surface area contributed by atoms with E-state index in [0.29, 0.717) is 12.8 Å². The summed E-state index contributed by atoms with van der Waals surface area (Å²) in [7, 11) is 0. The van der Waals surface area contributed by atoms with Crippen LogP contribution < -0.4 is 16.2 Å². The van der Waals surface area contributed by atoms with Gasteiger partial charge in [0.2, 0.25) is 5.91 Å². The van der Waals surface area contributed by atoms with Crippen molar-refractivity contribution in [1.29, 1.82) is 0 Å². The van der Waals surface area contributed by atoms with Crippen LogP contribution in [-0.2, 0) is 9.59 Å². The molecule has 1 fully saturated rings. The zero-order valence-corrected chi connectivity index (χ0v) is 15.5. The zero-order chi connectivity index (χ0) is 17.7. The number of aliphatic carboxylic acids is 1. The highest BCUT2D eigenvalue weighted by Crippen LogP contribution is 2.29. The number of hydrogen-bond acceptors (Lipinski definition) is 4. The van der Waals surface area contributed by atoms with Crippen molar-refractivity contribution in [2.75, 3.05) is 6.54 Å². The summed E-state index contributed by atoms with van der Waals surface area (Å²) in [5, 5.41) is 12.3. The number of rotatable bonds is 7. The molecule has 0 aromatic heterocycles. The zero-order valence-electron chi connectivity index (χ0n) is 13.9. The number of carbonyl (C=O) groups excluding carboxylic acids is 1. The second-order valence-electron chi connectivity index (χ2n) is 6.11. The van der Waals surface area contributed by atoms with Crippen molar-refractivity contribution in [3.63, 3.8) is 0 Å². The van der Waals surface area contributed by atoms with Crippen molar-refractivity contribution in [3.8, 4) is 0 Å². The minimum Gasteiger partial charge on any atom is -0.481 e. The molecule has 1 amide bonds. The Kier molecular flexibility index (Phi) is 6.37. The van der Waals surface area contributed by atoms with Crippen LogP contribution in [0.3, 0.4) is 0 Å². The second kappa shape index (κ2) is 8.09. The summed E-state index contributed by atoms with van der Waals surface area (Å²) >= 11 is 3.59. The van der Waals surface area contributed by atoms with E-state index in [1.54, 1.807) is 0 Å². The molecule has 1 aliphatic rings. The van der Waals surface area contributed by atoms with Crippen LogP contribution in [0.5, 0.6) is 0 Å². The van der Waals surface area contributed by atoms with E-state index < -0.39 is 17.4 Å². The van der Waals surface area contributed by atoms with Crippen LogP contribution in [-0.4, -0.2) is 34.4 Å². The fourth-order valence-corrected chi connectivity index (χ4v) is 3.72. The maximum atomic E-state index is 12.5. The summed E-state index contributed by atoms with van der Waals surface area (Å²) in [4.78, 5) is 23.9. The third kappa shape index (κ3) is 3.79. The lowest BCUT2D eigenvalue weighted by atomic mass is 9.82. The van der Waals surface area contributed by atoms with Gasteiger partial charge in [-0.25, -0.2) is 10.9 Å². The number of carbonyl (C=O) groups is 2. The summed E-state index contributed by atoms with van der Waals surface area (Å²) in [6.07, 6.45) is 0.944. The lowest BCUT2D eigenvalue weighted by Gasteiger charge is -2.27. The largest absolute Gasteiger partial charge is 0.481 e. The molecule has 2 rings (SSSR count). The molecule has 1 aromatic carbocycles. The smallest absolute Gasteiger partial charge is 0.311 e. The maximum absolute atomic E-state index is 12.5. The van der Waals surface area contributed by atoms with Gasteiger partial charge in [-0.1, -0.05) is 60.1 Å². The van der Waals surface area contributed by atoms with Crippen LogP contribution in [0.25, 0.3) is 0 Å². The number of carboxylic acid groups (broad SMARTS) is 1. The van der Waals surface area contributed by atoms with Gasteiger partial charge in [0, 0.05) is 6.54 Å². The Hall–Kier alpha value is -1.44. The number of amides is 1. The van der Waals surface area contributed by atoms with Crippen molar-refractivity contribution < 1.29 is 14.7 Å². The molecule has 132 valence electrons. The Labute approximate surface area is 150 Å². The molecule has 1 saturated heterocycles. The molecule has 3 atom stereocenters. The number of nitrogens with one attached hydrogen (secondary N) is 3. The number of benzene rings is 1. The van der Waals surface area contributed by atoms with Crippen LogP contribution in [0, 0.1) is 5.41 Å². The molecule has 4 N–H and O–H groups in total. The third-order valence-corrected chi connectivity index (χ3v) is 5.94. The summed E-state index contributed by atoms with van der Waals surface area (Å²) in [5.41, 5.74) is 6.29. The first-order chi connectivity index (χ1) is 11.4. The minimum absolute atomic E-state index is 0.0384. The van der Waals surface area contributed by atoms with E-state index in [9.17, 15) is 14.7 Å². The van der Waals surface area contributed by atoms with Gasteiger partial charge < -0.3 is 10.4 Å². The summed E-state index contributed by atoms with van der Waals surface area (Å²) in [6, 6.07) is 9.33. The lowest BCUT2D eigenvalue weighted by molar-refractivity contribution is -0.149. The molecule has 6 nitrogen and oxygen atoms in total. The van der Waals surface area contributed by atoms with E-state index in [-0.39, 0.29) is 23.3 Å². The molecular weight excluding hydrogens is 374 g/mol. The monoisotopic (exact) mass is 397 g/mol. The van der Waals surface area contributed by atoms with Gasteiger partial charge in [-0.2, -0.15) is 0 Å². The van der Waals surface area contributed by atoms with E-state index in [1.807, 2.05) is 44.2 Å². The molecule has 3 unspecified atom stereocenters. The average Bonchev–Trinajstić information content (AvgIpc) is 2.98. The summed E-state index contributed by atoms with van der Waals surface area (Å²) < 4.78 is 0.